The molecule has 1 amide bonds. The number of aryl methyl sites for hydroxylation is 1. The van der Waals surface area contributed by atoms with E-state index in [9.17, 15) is 9.90 Å². The van der Waals surface area contributed by atoms with Crippen LogP contribution in [0.3, 0.4) is 0 Å². The average molecular weight is 500 g/mol. The van der Waals surface area contributed by atoms with E-state index >= 15 is 0 Å². The van der Waals surface area contributed by atoms with E-state index < -0.39 is 6.10 Å². The van der Waals surface area contributed by atoms with Crippen LogP contribution >= 0.6 is 22.7 Å². The van der Waals surface area contributed by atoms with E-state index in [0.717, 1.165) is 17.0 Å². The number of para-hydroxylation sites is 1. The predicted octanol–water partition coefficient (Wildman–Crippen LogP) is 5.88. The van der Waals surface area contributed by atoms with E-state index in [1.54, 1.807) is 0 Å². The van der Waals surface area contributed by atoms with Crippen LogP contribution in [-0.2, 0) is 24.1 Å². The lowest BCUT2D eigenvalue weighted by Gasteiger charge is -2.32. The van der Waals surface area contributed by atoms with Gasteiger partial charge >= 0.3 is 0 Å². The number of ether oxygens (including phenoxy) is 1. The zero-order valence-corrected chi connectivity index (χ0v) is 21.2. The Labute approximate surface area is 209 Å². The number of anilines is 2. The summed E-state index contributed by atoms with van der Waals surface area (Å²) < 4.78 is 5.33. The number of amides is 1. The van der Waals surface area contributed by atoms with Gasteiger partial charge in [-0.3, -0.25) is 10.1 Å². The Balaban J connectivity index is 1.26. The summed E-state index contributed by atoms with van der Waals surface area (Å²) in [6.45, 7) is 3.32. The minimum Gasteiger partial charge on any atom is -0.388 e. The van der Waals surface area contributed by atoms with Gasteiger partial charge in [-0.25, -0.2) is 4.98 Å². The van der Waals surface area contributed by atoms with Crippen LogP contribution in [0.25, 0.3) is 0 Å². The molecule has 1 aliphatic heterocycles. The number of hydrogen-bond donors (Lipinski definition) is 3. The third-order valence-corrected chi connectivity index (χ3v) is 7.89. The zero-order valence-electron chi connectivity index (χ0n) is 19.6. The first kappa shape index (κ1) is 24.9. The maximum Gasteiger partial charge on any atom is 0.267 e. The zero-order chi connectivity index (χ0) is 23.8. The van der Waals surface area contributed by atoms with Gasteiger partial charge in [0.2, 0.25) is 0 Å². The highest BCUT2D eigenvalue weighted by Gasteiger charge is 2.30. The third kappa shape index (κ3) is 6.88. The second-order valence-electron chi connectivity index (χ2n) is 8.68. The van der Waals surface area contributed by atoms with Crippen LogP contribution in [0.2, 0.25) is 0 Å². The molecular formula is C26H33N3O3S2. The molecule has 0 saturated carbocycles. The van der Waals surface area contributed by atoms with Crippen molar-refractivity contribution in [2.24, 2.45) is 0 Å². The molecule has 0 aliphatic carbocycles. The molecule has 1 saturated heterocycles. The number of rotatable bonds is 13. The van der Waals surface area contributed by atoms with Crippen molar-refractivity contribution in [3.05, 3.63) is 62.8 Å². The van der Waals surface area contributed by atoms with Crippen molar-refractivity contribution in [2.45, 2.75) is 70.6 Å². The minimum absolute atomic E-state index is 0.149. The Kier molecular flexibility index (Phi) is 9.10. The van der Waals surface area contributed by atoms with Gasteiger partial charge in [0.05, 0.1) is 23.3 Å². The van der Waals surface area contributed by atoms with Gasteiger partial charge in [-0.1, -0.05) is 50.8 Å². The number of unbranched alkanes of at least 4 members (excludes halogenated alkanes) is 4. The highest BCUT2D eigenvalue weighted by Crippen LogP contribution is 2.25. The molecule has 2 atom stereocenters. The molecule has 3 aromatic rings. The molecule has 3 N–H and O–H groups in total. The first-order valence-corrected chi connectivity index (χ1v) is 13.8. The van der Waals surface area contributed by atoms with Gasteiger partial charge in [0.15, 0.2) is 5.13 Å². The van der Waals surface area contributed by atoms with Crippen LogP contribution < -0.4 is 10.6 Å². The number of nitrogens with one attached hydrogen (secondary N) is 2. The maximum absolute atomic E-state index is 12.7. The van der Waals surface area contributed by atoms with Crippen LogP contribution in [0.15, 0.2) is 41.8 Å². The van der Waals surface area contributed by atoms with Crippen LogP contribution in [0.4, 0.5) is 10.8 Å². The Hall–Kier alpha value is -2.26. The number of aliphatic hydroxyl groups is 1. The van der Waals surface area contributed by atoms with E-state index in [4.69, 9.17) is 4.74 Å². The van der Waals surface area contributed by atoms with E-state index in [1.807, 2.05) is 17.5 Å². The van der Waals surface area contributed by atoms with Crippen molar-refractivity contribution < 1.29 is 14.6 Å². The summed E-state index contributed by atoms with van der Waals surface area (Å²) in [5, 5.41) is 18.6. The summed E-state index contributed by atoms with van der Waals surface area (Å²) in [7, 11) is 0. The van der Waals surface area contributed by atoms with E-state index in [2.05, 4.69) is 46.8 Å². The number of benzene rings is 1. The largest absolute Gasteiger partial charge is 0.388 e. The number of carbonyl (C=O) groups is 1. The highest BCUT2D eigenvalue weighted by atomic mass is 32.1. The lowest BCUT2D eigenvalue weighted by atomic mass is 10.0. The van der Waals surface area contributed by atoms with Gasteiger partial charge in [0.25, 0.3) is 5.91 Å². The standard InChI is InChI=1S/C26H33N3O3S2/c1-2-3-4-5-6-9-18-10-7-8-11-21(18)27-15-20-12-13-24(34-20)25(31)29-26-28-19(17-33-26)14-23-22(30)16-32-23/h7-8,10-13,17,22-23,27,30H,2-6,9,14-16H2,1H3,(H,28,29,31). The molecule has 2 unspecified atom stereocenters. The molecule has 34 heavy (non-hydrogen) atoms. The predicted molar refractivity (Wildman–Crippen MR) is 140 cm³/mol. The normalized spacial score (nSPS) is 17.4. The molecule has 0 bridgehead atoms. The SMILES string of the molecule is CCCCCCCc1ccccc1NCc1ccc(C(=O)Nc2nc(CC3OCC3O)cs2)s1. The molecule has 2 aromatic heterocycles. The van der Waals surface area contributed by atoms with Crippen LogP contribution in [0, 0.1) is 0 Å². The van der Waals surface area contributed by atoms with Crippen molar-refractivity contribution in [3.8, 4) is 0 Å². The van der Waals surface area contributed by atoms with Gasteiger partial charge in [-0.05, 0) is 36.6 Å². The fourth-order valence-electron chi connectivity index (χ4n) is 3.94. The van der Waals surface area contributed by atoms with Crippen LogP contribution in [-0.4, -0.2) is 34.8 Å². The lowest BCUT2D eigenvalue weighted by molar-refractivity contribution is -0.160. The van der Waals surface area contributed by atoms with Gasteiger partial charge in [-0.15, -0.1) is 22.7 Å². The van der Waals surface area contributed by atoms with Crippen molar-refractivity contribution in [1.29, 1.82) is 0 Å². The van der Waals surface area contributed by atoms with E-state index in [0.29, 0.717) is 29.6 Å². The van der Waals surface area contributed by atoms with Crippen molar-refractivity contribution >= 4 is 39.4 Å². The quantitative estimate of drug-likeness (QED) is 0.256. The molecule has 8 heteroatoms. The van der Waals surface area contributed by atoms with Crippen molar-refractivity contribution in [2.75, 3.05) is 17.2 Å². The molecule has 1 aliphatic rings. The number of thiazole rings is 1. The molecule has 0 spiro atoms. The number of aromatic nitrogens is 1. The number of aliphatic hydroxyl groups excluding tert-OH is 1. The summed E-state index contributed by atoms with van der Waals surface area (Å²) in [5.74, 6) is -0.149. The topological polar surface area (TPSA) is 83.5 Å². The molecule has 4 rings (SSSR count). The lowest BCUT2D eigenvalue weighted by Crippen LogP contribution is -2.46. The first-order valence-electron chi connectivity index (χ1n) is 12.1. The number of carbonyl (C=O) groups excluding carboxylic acids is 1. The second-order valence-corrected chi connectivity index (χ2v) is 10.7. The van der Waals surface area contributed by atoms with Crippen molar-refractivity contribution in [3.63, 3.8) is 0 Å². The fourth-order valence-corrected chi connectivity index (χ4v) is 5.50. The van der Waals surface area contributed by atoms with Gasteiger partial charge in [-0.2, -0.15) is 0 Å². The van der Waals surface area contributed by atoms with E-state index in [-0.39, 0.29) is 12.0 Å². The smallest absolute Gasteiger partial charge is 0.267 e. The van der Waals surface area contributed by atoms with Crippen molar-refractivity contribution in [1.82, 2.24) is 4.98 Å². The van der Waals surface area contributed by atoms with Crippen LogP contribution in [0.5, 0.6) is 0 Å². The monoisotopic (exact) mass is 499 g/mol. The minimum atomic E-state index is -0.421. The molecule has 3 heterocycles. The molecule has 1 fully saturated rings. The number of nitrogens with zero attached hydrogens (tertiary/aromatic N) is 1. The summed E-state index contributed by atoms with van der Waals surface area (Å²) in [4.78, 5) is 18.9. The molecule has 182 valence electrons. The van der Waals surface area contributed by atoms with Gasteiger partial charge < -0.3 is 15.2 Å². The summed E-state index contributed by atoms with van der Waals surface area (Å²) in [6, 6.07) is 12.4. The first-order chi connectivity index (χ1) is 16.6. The fraction of sp³-hybridized carbons (Fsp3) is 0.462. The van der Waals surface area contributed by atoms with Gasteiger partial charge in [0.1, 0.15) is 6.10 Å². The Morgan fingerprint density at radius 1 is 1.18 bits per heavy atom. The molecule has 1 aromatic carbocycles. The number of thiophene rings is 1. The molecule has 0 radical (unpaired) electrons. The Bertz CT molecular complexity index is 1070. The van der Waals surface area contributed by atoms with Gasteiger partial charge in [0, 0.05) is 28.9 Å². The average Bonchev–Trinajstić information content (AvgIpc) is 3.50. The Morgan fingerprint density at radius 3 is 2.82 bits per heavy atom. The number of hydrogen-bond acceptors (Lipinski definition) is 7. The summed E-state index contributed by atoms with van der Waals surface area (Å²) in [6.07, 6.45) is 7.43. The molecular weight excluding hydrogens is 466 g/mol. The van der Waals surface area contributed by atoms with Crippen LogP contribution in [0.1, 0.15) is 64.8 Å². The summed E-state index contributed by atoms with van der Waals surface area (Å²) >= 11 is 2.88. The third-order valence-electron chi connectivity index (χ3n) is 6.00. The highest BCUT2D eigenvalue weighted by molar-refractivity contribution is 7.15. The summed E-state index contributed by atoms with van der Waals surface area (Å²) in [5.41, 5.74) is 3.35. The molecule has 6 nitrogen and oxygen atoms in total. The maximum atomic E-state index is 12.7. The Morgan fingerprint density at radius 2 is 2.03 bits per heavy atom. The second kappa shape index (κ2) is 12.4. The van der Waals surface area contributed by atoms with E-state index in [1.165, 1.54) is 66.0 Å².